The van der Waals surface area contributed by atoms with E-state index in [-0.39, 0.29) is 0 Å². The fourth-order valence-corrected chi connectivity index (χ4v) is 0.633. The zero-order chi connectivity index (χ0) is 7.82. The Morgan fingerprint density at radius 1 is 1.60 bits per heavy atom. The van der Waals surface area contributed by atoms with Crippen LogP contribution in [0.1, 0.15) is 33.1 Å². The Bertz CT molecular complexity index is 116. The van der Waals surface area contributed by atoms with Crippen LogP contribution < -0.4 is 0 Å². The number of hydrogen-bond acceptors (Lipinski definition) is 2. The average molecular weight is 142 g/mol. The first-order valence-electron chi connectivity index (χ1n) is 3.58. The summed E-state index contributed by atoms with van der Waals surface area (Å²) in [6.07, 6.45) is 5.25. The standard InChI is InChI=1S/C8H14O2/c1-3-4-5-6-8(2)10-7-9/h6-7H,3-5H2,1-2H3. The van der Waals surface area contributed by atoms with Crippen LogP contribution in [0.3, 0.4) is 0 Å². The highest BCUT2D eigenvalue weighted by Gasteiger charge is 1.85. The van der Waals surface area contributed by atoms with Crippen LogP contribution in [-0.2, 0) is 9.53 Å². The maximum atomic E-state index is 9.78. The number of rotatable bonds is 5. The van der Waals surface area contributed by atoms with Crippen molar-refractivity contribution < 1.29 is 9.53 Å². The highest BCUT2D eigenvalue weighted by molar-refractivity contribution is 5.39. The Morgan fingerprint density at radius 2 is 2.30 bits per heavy atom. The van der Waals surface area contributed by atoms with Crippen molar-refractivity contribution >= 4 is 6.47 Å². The second-order valence-corrected chi connectivity index (χ2v) is 2.17. The molecule has 0 aromatic heterocycles. The molecule has 0 aliphatic heterocycles. The summed E-state index contributed by atoms with van der Waals surface area (Å²) in [7, 11) is 0. The van der Waals surface area contributed by atoms with Crippen LogP contribution in [0.15, 0.2) is 11.8 Å². The first kappa shape index (κ1) is 9.21. The molecule has 58 valence electrons. The van der Waals surface area contributed by atoms with Gasteiger partial charge in [-0.1, -0.05) is 13.3 Å². The topological polar surface area (TPSA) is 26.3 Å². The summed E-state index contributed by atoms with van der Waals surface area (Å²) in [5, 5.41) is 0. The lowest BCUT2D eigenvalue weighted by molar-refractivity contribution is -0.125. The maximum Gasteiger partial charge on any atom is 0.298 e. The molecule has 0 aliphatic rings. The van der Waals surface area contributed by atoms with E-state index in [1.807, 2.05) is 6.08 Å². The first-order valence-corrected chi connectivity index (χ1v) is 3.58. The smallest absolute Gasteiger partial charge is 0.298 e. The molecule has 0 spiro atoms. The molecule has 0 amide bonds. The second-order valence-electron chi connectivity index (χ2n) is 2.17. The highest BCUT2D eigenvalue weighted by Crippen LogP contribution is 2.00. The molecule has 0 bridgehead atoms. The Balaban J connectivity index is 3.37. The summed E-state index contributed by atoms with van der Waals surface area (Å²) in [4.78, 5) is 9.78. The van der Waals surface area contributed by atoms with E-state index in [4.69, 9.17) is 0 Å². The molecular weight excluding hydrogens is 128 g/mol. The zero-order valence-electron chi connectivity index (χ0n) is 6.59. The largest absolute Gasteiger partial charge is 0.434 e. The highest BCUT2D eigenvalue weighted by atomic mass is 16.5. The number of hydrogen-bond donors (Lipinski definition) is 0. The molecule has 0 aromatic carbocycles. The molecule has 0 saturated heterocycles. The lowest BCUT2D eigenvalue weighted by Gasteiger charge is -1.94. The van der Waals surface area contributed by atoms with Crippen molar-refractivity contribution in [3.8, 4) is 0 Å². The Morgan fingerprint density at radius 3 is 2.80 bits per heavy atom. The summed E-state index contributed by atoms with van der Waals surface area (Å²) in [6.45, 7) is 4.37. The molecule has 0 N–H and O–H groups in total. The third-order valence-corrected chi connectivity index (χ3v) is 1.22. The molecule has 0 aliphatic carbocycles. The van der Waals surface area contributed by atoms with Crippen LogP contribution >= 0.6 is 0 Å². The first-order chi connectivity index (χ1) is 4.81. The molecule has 2 heteroatoms. The fourth-order valence-electron chi connectivity index (χ4n) is 0.633. The van der Waals surface area contributed by atoms with Gasteiger partial charge in [-0.2, -0.15) is 0 Å². The summed E-state index contributed by atoms with van der Waals surface area (Å²) in [5.74, 6) is 0.698. The maximum absolute atomic E-state index is 9.78. The molecule has 0 rings (SSSR count). The molecule has 0 fully saturated rings. The molecule has 10 heavy (non-hydrogen) atoms. The zero-order valence-corrected chi connectivity index (χ0v) is 6.59. The van der Waals surface area contributed by atoms with Gasteiger partial charge in [0, 0.05) is 0 Å². The van der Waals surface area contributed by atoms with Gasteiger partial charge in [-0.3, -0.25) is 4.79 Å². The van der Waals surface area contributed by atoms with Crippen molar-refractivity contribution in [3.05, 3.63) is 11.8 Å². The number of carbonyl (C=O) groups excluding carboxylic acids is 1. The molecule has 0 radical (unpaired) electrons. The van der Waals surface area contributed by atoms with Gasteiger partial charge in [0.15, 0.2) is 0 Å². The van der Waals surface area contributed by atoms with Gasteiger partial charge >= 0.3 is 0 Å². The van der Waals surface area contributed by atoms with Gasteiger partial charge in [-0.15, -0.1) is 0 Å². The average Bonchev–Trinajstić information content (AvgIpc) is 1.89. The number of ether oxygens (including phenoxy) is 1. The van der Waals surface area contributed by atoms with E-state index < -0.39 is 0 Å². The predicted octanol–water partition coefficient (Wildman–Crippen LogP) is 2.25. The Kier molecular flexibility index (Phi) is 5.83. The molecule has 0 saturated carbocycles. The van der Waals surface area contributed by atoms with Gasteiger partial charge in [0.05, 0.1) is 0 Å². The SMILES string of the molecule is CCCCC=C(C)OC=O. The minimum Gasteiger partial charge on any atom is -0.434 e. The molecule has 0 atom stereocenters. The van der Waals surface area contributed by atoms with E-state index in [2.05, 4.69) is 11.7 Å². The molecule has 0 heterocycles. The van der Waals surface area contributed by atoms with E-state index in [9.17, 15) is 4.79 Å². The van der Waals surface area contributed by atoms with Gasteiger partial charge in [-0.25, -0.2) is 0 Å². The van der Waals surface area contributed by atoms with Gasteiger partial charge in [0.1, 0.15) is 5.76 Å². The molecule has 0 aromatic rings. The van der Waals surface area contributed by atoms with Crippen molar-refractivity contribution in [2.24, 2.45) is 0 Å². The molecule has 2 nitrogen and oxygen atoms in total. The van der Waals surface area contributed by atoms with Crippen LogP contribution in [-0.4, -0.2) is 6.47 Å². The third-order valence-electron chi connectivity index (χ3n) is 1.22. The minimum absolute atomic E-state index is 0.456. The summed E-state index contributed by atoms with van der Waals surface area (Å²) < 4.78 is 4.57. The van der Waals surface area contributed by atoms with Crippen molar-refractivity contribution in [3.63, 3.8) is 0 Å². The lowest BCUT2D eigenvalue weighted by Crippen LogP contribution is -1.83. The summed E-state index contributed by atoms with van der Waals surface area (Å²) in [5.41, 5.74) is 0. The molecular formula is C8H14O2. The van der Waals surface area contributed by atoms with Crippen molar-refractivity contribution in [1.82, 2.24) is 0 Å². The van der Waals surface area contributed by atoms with Crippen LogP contribution in [0.4, 0.5) is 0 Å². The predicted molar refractivity (Wildman–Crippen MR) is 40.4 cm³/mol. The normalized spacial score (nSPS) is 11.2. The Labute approximate surface area is 61.9 Å². The van der Waals surface area contributed by atoms with Gasteiger partial charge in [0.25, 0.3) is 6.47 Å². The summed E-state index contributed by atoms with van der Waals surface area (Å²) >= 11 is 0. The van der Waals surface area contributed by atoms with Gasteiger partial charge in [-0.05, 0) is 25.8 Å². The lowest BCUT2D eigenvalue weighted by atomic mass is 10.2. The number of allylic oxidation sites excluding steroid dienone is 2. The summed E-state index contributed by atoms with van der Waals surface area (Å²) in [6, 6.07) is 0. The number of carbonyl (C=O) groups is 1. The quantitative estimate of drug-likeness (QED) is 0.334. The van der Waals surface area contributed by atoms with Crippen molar-refractivity contribution in [2.45, 2.75) is 33.1 Å². The van der Waals surface area contributed by atoms with Crippen LogP contribution in [0, 0.1) is 0 Å². The van der Waals surface area contributed by atoms with Crippen LogP contribution in [0.2, 0.25) is 0 Å². The van der Waals surface area contributed by atoms with Crippen LogP contribution in [0.25, 0.3) is 0 Å². The fraction of sp³-hybridized carbons (Fsp3) is 0.625. The van der Waals surface area contributed by atoms with Crippen molar-refractivity contribution in [2.75, 3.05) is 0 Å². The third kappa shape index (κ3) is 5.35. The van der Waals surface area contributed by atoms with Gasteiger partial charge < -0.3 is 4.74 Å². The van der Waals surface area contributed by atoms with E-state index in [1.165, 1.54) is 6.42 Å². The number of unbranched alkanes of at least 4 members (excludes halogenated alkanes) is 2. The van der Waals surface area contributed by atoms with E-state index in [1.54, 1.807) is 6.92 Å². The van der Waals surface area contributed by atoms with E-state index in [0.29, 0.717) is 12.2 Å². The van der Waals surface area contributed by atoms with E-state index >= 15 is 0 Å². The van der Waals surface area contributed by atoms with E-state index in [0.717, 1.165) is 12.8 Å². The molecule has 0 unspecified atom stereocenters. The van der Waals surface area contributed by atoms with Crippen molar-refractivity contribution in [1.29, 1.82) is 0 Å². The Hall–Kier alpha value is -0.790. The van der Waals surface area contributed by atoms with Gasteiger partial charge in [0.2, 0.25) is 0 Å². The van der Waals surface area contributed by atoms with Crippen LogP contribution in [0.5, 0.6) is 0 Å². The minimum atomic E-state index is 0.456. The monoisotopic (exact) mass is 142 g/mol. The second kappa shape index (κ2) is 6.33.